The largest absolute Gasteiger partial charge is 0.330 e. The number of hydrogen-bond donors (Lipinski definition) is 1. The second kappa shape index (κ2) is 7.82. The van der Waals surface area contributed by atoms with Crippen LogP contribution in [0, 0.1) is 0 Å². The molecule has 19 heavy (non-hydrogen) atoms. The molecular formula is C13H26ClN5. The number of rotatable bonds is 5. The van der Waals surface area contributed by atoms with Crippen LogP contribution in [0.5, 0.6) is 0 Å². The molecule has 0 aliphatic carbocycles. The highest BCUT2D eigenvalue weighted by molar-refractivity contribution is 5.85. The molecule has 1 saturated heterocycles. The first-order valence-electron chi connectivity index (χ1n) is 7.05. The van der Waals surface area contributed by atoms with Crippen LogP contribution < -0.4 is 5.73 Å². The van der Waals surface area contributed by atoms with E-state index in [9.17, 15) is 0 Å². The lowest BCUT2D eigenvalue weighted by molar-refractivity contribution is 0.128. The Morgan fingerprint density at radius 3 is 2.89 bits per heavy atom. The Hall–Kier alpha value is -0.650. The van der Waals surface area contributed by atoms with Gasteiger partial charge in [-0.3, -0.25) is 4.90 Å². The van der Waals surface area contributed by atoms with Gasteiger partial charge in [0.1, 0.15) is 12.2 Å². The Morgan fingerprint density at radius 1 is 1.42 bits per heavy atom. The highest BCUT2D eigenvalue weighted by Crippen LogP contribution is 2.21. The molecule has 6 heteroatoms. The molecule has 2 heterocycles. The van der Waals surface area contributed by atoms with Crippen molar-refractivity contribution >= 4 is 12.4 Å². The van der Waals surface area contributed by atoms with Gasteiger partial charge in [0, 0.05) is 12.1 Å². The molecule has 1 aromatic rings. The number of halogens is 1. The van der Waals surface area contributed by atoms with E-state index in [4.69, 9.17) is 5.73 Å². The van der Waals surface area contributed by atoms with Gasteiger partial charge >= 0.3 is 0 Å². The quantitative estimate of drug-likeness (QED) is 0.900. The number of nitrogens with zero attached hydrogens (tertiary/aromatic N) is 4. The molecule has 0 amide bonds. The second-order valence-electron chi connectivity index (χ2n) is 5.41. The maximum Gasteiger partial charge on any atom is 0.141 e. The fourth-order valence-electron chi connectivity index (χ4n) is 2.79. The summed E-state index contributed by atoms with van der Waals surface area (Å²) in [4.78, 5) is 6.93. The van der Waals surface area contributed by atoms with Crippen LogP contribution in [-0.4, -0.2) is 38.8 Å². The maximum absolute atomic E-state index is 5.71. The molecule has 0 saturated carbocycles. The summed E-state index contributed by atoms with van der Waals surface area (Å²) in [5.41, 5.74) is 5.71. The van der Waals surface area contributed by atoms with Crippen LogP contribution in [0.2, 0.25) is 0 Å². The van der Waals surface area contributed by atoms with Crippen molar-refractivity contribution < 1.29 is 0 Å². The van der Waals surface area contributed by atoms with Crippen molar-refractivity contribution in [2.24, 2.45) is 5.73 Å². The second-order valence-corrected chi connectivity index (χ2v) is 5.41. The molecule has 1 fully saturated rings. The van der Waals surface area contributed by atoms with E-state index in [1.54, 1.807) is 6.33 Å². The lowest BCUT2D eigenvalue weighted by Gasteiger charge is -2.35. The molecule has 2 N–H and O–H groups in total. The van der Waals surface area contributed by atoms with E-state index in [0.717, 1.165) is 31.9 Å². The van der Waals surface area contributed by atoms with E-state index < -0.39 is 0 Å². The van der Waals surface area contributed by atoms with E-state index in [1.165, 1.54) is 19.3 Å². The van der Waals surface area contributed by atoms with Crippen molar-refractivity contribution in [2.75, 3.05) is 13.1 Å². The van der Waals surface area contributed by atoms with Crippen LogP contribution in [0.25, 0.3) is 0 Å². The topological polar surface area (TPSA) is 60.0 Å². The fourth-order valence-corrected chi connectivity index (χ4v) is 2.79. The molecule has 1 aliphatic heterocycles. The van der Waals surface area contributed by atoms with Gasteiger partial charge in [0.15, 0.2) is 0 Å². The SMILES string of the molecule is CC(C)n1ncnc1CN1CCCCC1CCN.Cl. The molecule has 1 aromatic heterocycles. The van der Waals surface area contributed by atoms with Crippen molar-refractivity contribution in [3.05, 3.63) is 12.2 Å². The molecule has 1 atom stereocenters. The average molecular weight is 288 g/mol. The normalized spacial score (nSPS) is 20.5. The monoisotopic (exact) mass is 287 g/mol. The summed E-state index contributed by atoms with van der Waals surface area (Å²) >= 11 is 0. The predicted octanol–water partition coefficient (Wildman–Crippen LogP) is 1.98. The van der Waals surface area contributed by atoms with Gasteiger partial charge in [0.25, 0.3) is 0 Å². The van der Waals surface area contributed by atoms with Gasteiger partial charge in [0.2, 0.25) is 0 Å². The van der Waals surface area contributed by atoms with Gasteiger partial charge in [-0.2, -0.15) is 5.10 Å². The van der Waals surface area contributed by atoms with Crippen molar-refractivity contribution in [2.45, 2.75) is 58.2 Å². The first-order valence-corrected chi connectivity index (χ1v) is 7.05. The summed E-state index contributed by atoms with van der Waals surface area (Å²) in [7, 11) is 0. The maximum atomic E-state index is 5.71. The predicted molar refractivity (Wildman–Crippen MR) is 79.4 cm³/mol. The zero-order chi connectivity index (χ0) is 13.0. The Morgan fingerprint density at radius 2 is 2.21 bits per heavy atom. The summed E-state index contributed by atoms with van der Waals surface area (Å²) in [6.45, 7) is 7.13. The van der Waals surface area contributed by atoms with E-state index in [1.807, 2.05) is 4.68 Å². The first-order chi connectivity index (χ1) is 8.72. The minimum atomic E-state index is 0. The van der Waals surface area contributed by atoms with Crippen LogP contribution >= 0.6 is 12.4 Å². The Labute approximate surface area is 122 Å². The zero-order valence-corrected chi connectivity index (χ0v) is 12.8. The lowest BCUT2D eigenvalue weighted by Crippen LogP contribution is -2.40. The molecule has 110 valence electrons. The standard InChI is InChI=1S/C13H25N5.ClH/c1-11(2)18-13(15-10-16-18)9-17-8-4-3-5-12(17)6-7-14;/h10-12H,3-9,14H2,1-2H3;1H. The molecule has 0 bridgehead atoms. The summed E-state index contributed by atoms with van der Waals surface area (Å²) in [5.74, 6) is 1.08. The molecule has 1 unspecified atom stereocenters. The van der Waals surface area contributed by atoms with E-state index in [-0.39, 0.29) is 12.4 Å². The molecule has 2 rings (SSSR count). The summed E-state index contributed by atoms with van der Waals surface area (Å²) in [6, 6.07) is 1.00. The van der Waals surface area contributed by atoms with E-state index >= 15 is 0 Å². The number of aromatic nitrogens is 3. The highest BCUT2D eigenvalue weighted by atomic mass is 35.5. The van der Waals surface area contributed by atoms with Gasteiger partial charge in [-0.05, 0) is 46.2 Å². The average Bonchev–Trinajstić information content (AvgIpc) is 2.80. The number of likely N-dealkylation sites (tertiary alicyclic amines) is 1. The van der Waals surface area contributed by atoms with Crippen LogP contribution in [-0.2, 0) is 6.54 Å². The number of hydrogen-bond acceptors (Lipinski definition) is 4. The molecule has 0 aromatic carbocycles. The number of nitrogens with two attached hydrogens (primary N) is 1. The van der Waals surface area contributed by atoms with Crippen LogP contribution in [0.15, 0.2) is 6.33 Å². The third-order valence-electron chi connectivity index (χ3n) is 3.73. The van der Waals surface area contributed by atoms with Crippen molar-refractivity contribution in [1.29, 1.82) is 0 Å². The molecule has 0 spiro atoms. The van der Waals surface area contributed by atoms with Gasteiger partial charge in [0.05, 0.1) is 6.54 Å². The van der Waals surface area contributed by atoms with Gasteiger partial charge in [-0.15, -0.1) is 12.4 Å². The van der Waals surface area contributed by atoms with E-state index in [0.29, 0.717) is 12.1 Å². The van der Waals surface area contributed by atoms with Gasteiger partial charge < -0.3 is 5.73 Å². The third kappa shape index (κ3) is 4.16. The van der Waals surface area contributed by atoms with Crippen LogP contribution in [0.4, 0.5) is 0 Å². The third-order valence-corrected chi connectivity index (χ3v) is 3.73. The molecule has 5 nitrogen and oxygen atoms in total. The molecular weight excluding hydrogens is 262 g/mol. The molecule has 0 radical (unpaired) electrons. The Balaban J connectivity index is 0.00000180. The van der Waals surface area contributed by atoms with Crippen LogP contribution in [0.1, 0.15) is 51.4 Å². The smallest absolute Gasteiger partial charge is 0.141 e. The fraction of sp³-hybridized carbons (Fsp3) is 0.846. The zero-order valence-electron chi connectivity index (χ0n) is 12.0. The Bertz CT molecular complexity index is 364. The van der Waals surface area contributed by atoms with E-state index in [2.05, 4.69) is 28.8 Å². The van der Waals surface area contributed by atoms with Gasteiger partial charge in [-0.1, -0.05) is 6.42 Å². The minimum Gasteiger partial charge on any atom is -0.330 e. The summed E-state index contributed by atoms with van der Waals surface area (Å²) in [5, 5.41) is 4.31. The lowest BCUT2D eigenvalue weighted by atomic mass is 9.99. The highest BCUT2D eigenvalue weighted by Gasteiger charge is 2.23. The Kier molecular flexibility index (Phi) is 6.75. The summed E-state index contributed by atoms with van der Waals surface area (Å²) < 4.78 is 2.02. The summed E-state index contributed by atoms with van der Waals surface area (Å²) in [6.07, 6.45) is 6.65. The van der Waals surface area contributed by atoms with Crippen molar-refractivity contribution in [3.63, 3.8) is 0 Å². The minimum absolute atomic E-state index is 0. The molecule has 1 aliphatic rings. The number of piperidine rings is 1. The first kappa shape index (κ1) is 16.4. The van der Waals surface area contributed by atoms with Crippen LogP contribution in [0.3, 0.4) is 0 Å². The van der Waals surface area contributed by atoms with Crippen molar-refractivity contribution in [1.82, 2.24) is 19.7 Å². The van der Waals surface area contributed by atoms with Crippen molar-refractivity contribution in [3.8, 4) is 0 Å². The van der Waals surface area contributed by atoms with Gasteiger partial charge in [-0.25, -0.2) is 9.67 Å².